The number of aliphatic hydroxyl groups excluding tert-OH is 1. The zero-order chi connectivity index (χ0) is 25.7. The van der Waals surface area contributed by atoms with Crippen LogP contribution in [0, 0.1) is 0 Å². The molecule has 4 rings (SSSR count). The molecule has 36 heavy (non-hydrogen) atoms. The van der Waals surface area contributed by atoms with Crippen molar-refractivity contribution in [2.45, 2.75) is 25.8 Å². The predicted molar refractivity (Wildman–Crippen MR) is 142 cm³/mol. The highest BCUT2D eigenvalue weighted by molar-refractivity contribution is 6.46. The van der Waals surface area contributed by atoms with Crippen LogP contribution in [0.3, 0.4) is 0 Å². The molecule has 1 fully saturated rings. The fourth-order valence-electron chi connectivity index (χ4n) is 4.39. The van der Waals surface area contributed by atoms with Gasteiger partial charge in [-0.1, -0.05) is 49.4 Å². The Morgan fingerprint density at radius 2 is 1.61 bits per heavy atom. The van der Waals surface area contributed by atoms with Gasteiger partial charge in [0.05, 0.1) is 18.2 Å². The smallest absolute Gasteiger partial charge is 0.295 e. The molecular weight excluding hydrogens is 452 g/mol. The lowest BCUT2D eigenvalue weighted by Gasteiger charge is -2.26. The van der Waals surface area contributed by atoms with E-state index in [-0.39, 0.29) is 11.3 Å². The second-order valence-electron chi connectivity index (χ2n) is 9.09. The van der Waals surface area contributed by atoms with Gasteiger partial charge in [0.15, 0.2) is 0 Å². The Hall–Kier alpha value is -4.06. The minimum absolute atomic E-state index is 0.105. The first-order valence-corrected chi connectivity index (χ1v) is 12.2. The van der Waals surface area contributed by atoms with Gasteiger partial charge < -0.3 is 19.6 Å². The van der Waals surface area contributed by atoms with Gasteiger partial charge in [-0.15, -0.1) is 0 Å². The molecule has 0 aliphatic carbocycles. The number of hydrogen-bond donors (Lipinski definition) is 1. The Kier molecular flexibility index (Phi) is 7.74. The maximum atomic E-state index is 13.3. The molecule has 1 aliphatic rings. The Labute approximate surface area is 212 Å². The Bertz CT molecular complexity index is 1230. The number of carbonyl (C=O) groups excluding carboxylic acids is 2. The van der Waals surface area contributed by atoms with Gasteiger partial charge in [-0.05, 0) is 60.4 Å². The van der Waals surface area contributed by atoms with Crippen LogP contribution in [0.25, 0.3) is 5.76 Å². The zero-order valence-electron chi connectivity index (χ0n) is 21.0. The summed E-state index contributed by atoms with van der Waals surface area (Å²) < 4.78 is 5.63. The molecule has 0 radical (unpaired) electrons. The van der Waals surface area contributed by atoms with Gasteiger partial charge in [-0.25, -0.2) is 0 Å². The van der Waals surface area contributed by atoms with Crippen molar-refractivity contribution in [2.24, 2.45) is 0 Å². The normalized spacial score (nSPS) is 16.9. The Balaban J connectivity index is 1.73. The van der Waals surface area contributed by atoms with Crippen molar-refractivity contribution in [1.29, 1.82) is 0 Å². The van der Waals surface area contributed by atoms with E-state index in [0.717, 1.165) is 23.2 Å². The lowest BCUT2D eigenvalue weighted by Crippen LogP contribution is -2.31. The third kappa shape index (κ3) is 5.28. The summed E-state index contributed by atoms with van der Waals surface area (Å²) in [6.45, 7) is 2.98. The van der Waals surface area contributed by atoms with Crippen molar-refractivity contribution in [3.63, 3.8) is 0 Å². The molecule has 3 aromatic carbocycles. The van der Waals surface area contributed by atoms with Crippen LogP contribution in [-0.2, 0) is 16.0 Å². The fourth-order valence-corrected chi connectivity index (χ4v) is 4.39. The topological polar surface area (TPSA) is 70.1 Å². The molecule has 0 spiro atoms. The lowest BCUT2D eigenvalue weighted by atomic mass is 9.95. The molecule has 6 heteroatoms. The van der Waals surface area contributed by atoms with Crippen LogP contribution in [-0.4, -0.2) is 48.9 Å². The van der Waals surface area contributed by atoms with E-state index in [1.165, 1.54) is 0 Å². The minimum atomic E-state index is -0.680. The molecule has 0 aromatic heterocycles. The van der Waals surface area contributed by atoms with E-state index in [9.17, 15) is 14.7 Å². The maximum Gasteiger partial charge on any atom is 0.295 e. The largest absolute Gasteiger partial charge is 0.507 e. The molecule has 0 saturated carbocycles. The van der Waals surface area contributed by atoms with E-state index < -0.39 is 17.7 Å². The zero-order valence-corrected chi connectivity index (χ0v) is 21.0. The van der Waals surface area contributed by atoms with Crippen molar-refractivity contribution in [3.8, 4) is 5.75 Å². The van der Waals surface area contributed by atoms with Gasteiger partial charge >= 0.3 is 0 Å². The first kappa shape index (κ1) is 25.0. The molecular formula is C30H32N2O4. The van der Waals surface area contributed by atoms with Crippen LogP contribution in [0.2, 0.25) is 0 Å². The van der Waals surface area contributed by atoms with Gasteiger partial charge in [-0.2, -0.15) is 0 Å². The van der Waals surface area contributed by atoms with Gasteiger partial charge in [0.25, 0.3) is 11.7 Å². The highest BCUT2D eigenvalue weighted by Crippen LogP contribution is 2.40. The average molecular weight is 485 g/mol. The molecule has 1 atom stereocenters. The molecule has 1 saturated heterocycles. The molecule has 0 unspecified atom stereocenters. The summed E-state index contributed by atoms with van der Waals surface area (Å²) in [6.07, 6.45) is 1.49. The summed E-state index contributed by atoms with van der Waals surface area (Å²) in [5.41, 5.74) is 3.42. The van der Waals surface area contributed by atoms with E-state index in [1.54, 1.807) is 29.2 Å². The van der Waals surface area contributed by atoms with Crippen molar-refractivity contribution >= 4 is 23.1 Å². The number of nitrogens with zero attached hydrogens (tertiary/aromatic N) is 2. The molecule has 6 nitrogen and oxygen atoms in total. The number of amides is 1. The van der Waals surface area contributed by atoms with Gasteiger partial charge in [0.2, 0.25) is 0 Å². The maximum absolute atomic E-state index is 13.3. The van der Waals surface area contributed by atoms with E-state index in [2.05, 4.69) is 0 Å². The van der Waals surface area contributed by atoms with Crippen molar-refractivity contribution in [3.05, 3.63) is 101 Å². The third-order valence-corrected chi connectivity index (χ3v) is 6.35. The predicted octanol–water partition coefficient (Wildman–Crippen LogP) is 5.21. The number of hydrogen-bond acceptors (Lipinski definition) is 5. The summed E-state index contributed by atoms with van der Waals surface area (Å²) in [6, 6.07) is 23.8. The molecule has 1 aliphatic heterocycles. The highest BCUT2D eigenvalue weighted by Gasteiger charge is 2.45. The summed E-state index contributed by atoms with van der Waals surface area (Å²) >= 11 is 0. The lowest BCUT2D eigenvalue weighted by molar-refractivity contribution is -0.139. The van der Waals surface area contributed by atoms with Crippen LogP contribution in [0.5, 0.6) is 5.75 Å². The second kappa shape index (κ2) is 11.1. The Morgan fingerprint density at radius 1 is 0.944 bits per heavy atom. The third-order valence-electron chi connectivity index (χ3n) is 6.35. The number of Topliss-reactive ketones (excluding diaryl/α,β-unsaturated/α-hetero) is 1. The molecule has 1 amide bonds. The number of likely N-dealkylation sites (tertiary alicyclic amines) is 1. The first-order chi connectivity index (χ1) is 17.4. The van der Waals surface area contributed by atoms with Crippen molar-refractivity contribution < 1.29 is 19.4 Å². The van der Waals surface area contributed by atoms with E-state index in [4.69, 9.17) is 4.74 Å². The summed E-state index contributed by atoms with van der Waals surface area (Å²) in [5.74, 6) is -0.766. The van der Waals surface area contributed by atoms with Crippen LogP contribution in [0.15, 0.2) is 84.4 Å². The number of benzene rings is 3. The highest BCUT2D eigenvalue weighted by atomic mass is 16.5. The molecule has 3 aromatic rings. The number of ether oxygens (including phenoxy) is 1. The molecule has 0 bridgehead atoms. The number of anilines is 1. The second-order valence-corrected chi connectivity index (χ2v) is 9.09. The van der Waals surface area contributed by atoms with Gasteiger partial charge in [-0.3, -0.25) is 9.59 Å². The van der Waals surface area contributed by atoms with Crippen LogP contribution in [0.1, 0.15) is 36.1 Å². The average Bonchev–Trinajstić information content (AvgIpc) is 3.16. The summed E-state index contributed by atoms with van der Waals surface area (Å²) in [7, 11) is 3.91. The number of carbonyl (C=O) groups is 2. The van der Waals surface area contributed by atoms with E-state index in [0.29, 0.717) is 30.9 Å². The first-order valence-electron chi connectivity index (χ1n) is 12.2. The van der Waals surface area contributed by atoms with Crippen molar-refractivity contribution in [1.82, 2.24) is 4.90 Å². The van der Waals surface area contributed by atoms with Crippen molar-refractivity contribution in [2.75, 3.05) is 32.1 Å². The molecule has 186 valence electrons. The van der Waals surface area contributed by atoms with E-state index in [1.807, 2.05) is 80.5 Å². The number of aliphatic hydroxyl groups is 1. The standard InChI is InChI=1S/C30H32N2O4/c1-4-20-36-25-16-12-23(13-17-25)28(33)26-27(22-10-14-24(15-11-22)31(2)3)32(30(35)29(26)34)19-18-21-8-6-5-7-9-21/h5-17,27,33H,4,18-20H2,1-3H3/t27-/m0/s1. The molecule has 1 N–H and O–H groups in total. The monoisotopic (exact) mass is 484 g/mol. The summed E-state index contributed by atoms with van der Waals surface area (Å²) in [5, 5.41) is 11.3. The van der Waals surface area contributed by atoms with Crippen LogP contribution < -0.4 is 9.64 Å². The SMILES string of the molecule is CCCOc1ccc(C(O)=C2C(=O)C(=O)N(CCc3ccccc3)[C@H]2c2ccc(N(C)C)cc2)cc1. The quantitative estimate of drug-likeness (QED) is 0.257. The molecule has 1 heterocycles. The summed E-state index contributed by atoms with van der Waals surface area (Å²) in [4.78, 5) is 30.0. The number of ketones is 1. The Morgan fingerprint density at radius 3 is 2.22 bits per heavy atom. The van der Waals surface area contributed by atoms with Crippen LogP contribution >= 0.6 is 0 Å². The minimum Gasteiger partial charge on any atom is -0.507 e. The van der Waals surface area contributed by atoms with E-state index >= 15 is 0 Å². The number of rotatable bonds is 9. The fraction of sp³-hybridized carbons (Fsp3) is 0.267. The van der Waals surface area contributed by atoms with Gasteiger partial charge in [0.1, 0.15) is 11.5 Å². The van der Waals surface area contributed by atoms with Gasteiger partial charge in [0, 0.05) is 31.9 Å². The van der Waals surface area contributed by atoms with Crippen LogP contribution in [0.4, 0.5) is 5.69 Å².